The van der Waals surface area contributed by atoms with Gasteiger partial charge < -0.3 is 41.2 Å². The van der Waals surface area contributed by atoms with Gasteiger partial charge in [-0.25, -0.2) is 14.4 Å². The van der Waals surface area contributed by atoms with E-state index in [4.69, 9.17) is 9.47 Å². The molecule has 0 aromatic heterocycles. The molecule has 5 atom stereocenters. The highest BCUT2D eigenvalue weighted by Gasteiger charge is 2.35. The van der Waals surface area contributed by atoms with Crippen LogP contribution in [0.4, 0.5) is 9.59 Å². The highest BCUT2D eigenvalue weighted by atomic mass is 16.6. The third kappa shape index (κ3) is 18.2. The Balaban J connectivity index is 2.28. The standard InChI is InChI=1S/C41H61N5O9/c1-26(2)24-31(34(47)43-30(37(50)51)22-16-17-23-42-38(52)54-40(4,5)6)44-35(48)32(25-28-18-12-10-13-19-28)45-36(49)33(46-39(53)55-41(7,8)9)27(3)29-20-14-11-15-21-29/h10-15,18-21,26-27,30-33H,16-17,22-25H2,1-9H3,(H,42,52)(H,43,47)(H,44,48)(H,45,49)(H,46,53)(H,50,51)/t27-,30-,31-,32-,33-/m1/s1. The van der Waals surface area contributed by atoms with Crippen LogP contribution in [0.5, 0.6) is 0 Å². The SMILES string of the molecule is CC(C)C[C@@H](NC(=O)[C@@H](Cc1ccccc1)NC(=O)[C@H](NC(=O)OC(C)(C)C)[C@H](C)c1ccccc1)C(=O)N[C@H](CCCCNC(=O)OC(C)(C)C)C(=O)O. The molecular weight excluding hydrogens is 706 g/mol. The van der Waals surface area contributed by atoms with E-state index in [1.54, 1.807) is 72.7 Å². The molecule has 2 aromatic rings. The molecule has 55 heavy (non-hydrogen) atoms. The van der Waals surface area contributed by atoms with Gasteiger partial charge in [0.05, 0.1) is 0 Å². The Hall–Kier alpha value is -5.14. The van der Waals surface area contributed by atoms with E-state index >= 15 is 0 Å². The van der Waals surface area contributed by atoms with Gasteiger partial charge in [0.15, 0.2) is 0 Å². The minimum absolute atomic E-state index is 0.0579. The minimum atomic E-state index is -1.25. The van der Waals surface area contributed by atoms with Gasteiger partial charge >= 0.3 is 18.2 Å². The van der Waals surface area contributed by atoms with E-state index in [9.17, 15) is 33.9 Å². The molecule has 304 valence electrons. The van der Waals surface area contributed by atoms with E-state index in [0.29, 0.717) is 12.8 Å². The first-order valence-corrected chi connectivity index (χ1v) is 18.8. The van der Waals surface area contributed by atoms with Crippen molar-refractivity contribution in [1.82, 2.24) is 26.6 Å². The second-order valence-corrected chi connectivity index (χ2v) is 16.1. The van der Waals surface area contributed by atoms with Gasteiger partial charge in [-0.1, -0.05) is 81.4 Å². The fourth-order valence-electron chi connectivity index (χ4n) is 5.60. The summed E-state index contributed by atoms with van der Waals surface area (Å²) in [5.41, 5.74) is 0.0122. The second-order valence-electron chi connectivity index (χ2n) is 16.1. The number of hydrogen-bond donors (Lipinski definition) is 6. The molecule has 0 bridgehead atoms. The molecule has 0 aliphatic carbocycles. The number of carboxylic acid groups (broad SMARTS) is 1. The number of ether oxygens (including phenoxy) is 2. The summed E-state index contributed by atoms with van der Waals surface area (Å²) in [7, 11) is 0. The molecule has 0 saturated heterocycles. The van der Waals surface area contributed by atoms with Crippen LogP contribution in [-0.4, -0.2) is 82.9 Å². The lowest BCUT2D eigenvalue weighted by molar-refractivity contribution is -0.142. The molecule has 2 rings (SSSR count). The van der Waals surface area contributed by atoms with Crippen molar-refractivity contribution in [3.05, 3.63) is 71.8 Å². The maximum absolute atomic E-state index is 14.1. The van der Waals surface area contributed by atoms with E-state index in [1.165, 1.54) is 0 Å². The van der Waals surface area contributed by atoms with Crippen molar-refractivity contribution in [2.45, 2.75) is 136 Å². The van der Waals surface area contributed by atoms with Crippen molar-refractivity contribution < 1.29 is 43.3 Å². The van der Waals surface area contributed by atoms with Crippen molar-refractivity contribution in [1.29, 1.82) is 0 Å². The van der Waals surface area contributed by atoms with Crippen LogP contribution in [0.15, 0.2) is 60.7 Å². The molecule has 0 unspecified atom stereocenters. The zero-order valence-corrected chi connectivity index (χ0v) is 33.7. The van der Waals surface area contributed by atoms with Crippen molar-refractivity contribution in [2.24, 2.45) is 5.92 Å². The summed E-state index contributed by atoms with van der Waals surface area (Å²) in [6.07, 6.45) is -0.243. The van der Waals surface area contributed by atoms with Gasteiger partial charge in [-0.3, -0.25) is 14.4 Å². The van der Waals surface area contributed by atoms with Crippen molar-refractivity contribution in [2.75, 3.05) is 6.54 Å². The molecule has 14 heteroatoms. The summed E-state index contributed by atoms with van der Waals surface area (Å²) in [5.74, 6) is -3.84. The van der Waals surface area contributed by atoms with Crippen LogP contribution in [-0.2, 0) is 35.1 Å². The zero-order valence-electron chi connectivity index (χ0n) is 33.7. The predicted molar refractivity (Wildman–Crippen MR) is 209 cm³/mol. The molecule has 0 saturated carbocycles. The number of unbranched alkanes of at least 4 members (excludes halogenated alkanes) is 1. The average molecular weight is 768 g/mol. The Morgan fingerprint density at radius 1 is 0.636 bits per heavy atom. The first-order chi connectivity index (χ1) is 25.6. The van der Waals surface area contributed by atoms with Gasteiger partial charge in [-0.05, 0) is 84.3 Å². The number of hydrogen-bond acceptors (Lipinski definition) is 8. The molecule has 0 radical (unpaired) electrons. The van der Waals surface area contributed by atoms with Crippen molar-refractivity contribution >= 4 is 35.9 Å². The first kappa shape index (κ1) is 46.0. The number of rotatable bonds is 19. The molecule has 0 aliphatic heterocycles. The number of alkyl carbamates (subject to hydrolysis) is 2. The quantitative estimate of drug-likeness (QED) is 0.104. The van der Waals surface area contributed by atoms with E-state index in [2.05, 4.69) is 26.6 Å². The van der Waals surface area contributed by atoms with Gasteiger partial charge in [-0.2, -0.15) is 0 Å². The highest BCUT2D eigenvalue weighted by molar-refractivity contribution is 5.95. The van der Waals surface area contributed by atoms with Gasteiger partial charge in [0.2, 0.25) is 17.7 Å². The van der Waals surface area contributed by atoms with Crippen LogP contribution >= 0.6 is 0 Å². The largest absolute Gasteiger partial charge is 0.480 e. The zero-order chi connectivity index (χ0) is 41.3. The molecule has 14 nitrogen and oxygen atoms in total. The molecule has 6 N–H and O–H groups in total. The van der Waals surface area contributed by atoms with Crippen LogP contribution < -0.4 is 26.6 Å². The van der Waals surface area contributed by atoms with Gasteiger partial charge in [-0.15, -0.1) is 0 Å². The van der Waals surface area contributed by atoms with Gasteiger partial charge in [0.25, 0.3) is 0 Å². The molecule has 0 heterocycles. The third-order valence-electron chi connectivity index (χ3n) is 8.24. The highest BCUT2D eigenvalue weighted by Crippen LogP contribution is 2.21. The lowest BCUT2D eigenvalue weighted by Crippen LogP contribution is -2.59. The van der Waals surface area contributed by atoms with E-state index < -0.39 is 77.2 Å². The summed E-state index contributed by atoms with van der Waals surface area (Å²) in [4.78, 5) is 78.8. The number of carbonyl (C=O) groups is 6. The monoisotopic (exact) mass is 767 g/mol. The Morgan fingerprint density at radius 2 is 1.15 bits per heavy atom. The second kappa shape index (κ2) is 21.7. The van der Waals surface area contributed by atoms with Crippen molar-refractivity contribution in [3.8, 4) is 0 Å². The number of nitrogens with one attached hydrogen (secondary N) is 5. The molecule has 5 amide bonds. The summed E-state index contributed by atoms with van der Waals surface area (Å²) in [6.45, 7) is 16.1. The number of aliphatic carboxylic acids is 1. The summed E-state index contributed by atoms with van der Waals surface area (Å²) >= 11 is 0. The fraction of sp³-hybridized carbons (Fsp3) is 0.561. The maximum Gasteiger partial charge on any atom is 0.408 e. The normalized spacial score (nSPS) is 14.3. The lowest BCUT2D eigenvalue weighted by atomic mass is 9.92. The van der Waals surface area contributed by atoms with E-state index in [-0.39, 0.29) is 31.7 Å². The number of carboxylic acids is 1. The summed E-state index contributed by atoms with van der Waals surface area (Å²) in [5, 5.41) is 23.4. The topological polar surface area (TPSA) is 201 Å². The molecule has 0 fully saturated rings. The molecule has 0 spiro atoms. The summed E-state index contributed by atoms with van der Waals surface area (Å²) < 4.78 is 10.7. The van der Waals surface area contributed by atoms with E-state index in [0.717, 1.165) is 11.1 Å². The lowest BCUT2D eigenvalue weighted by Gasteiger charge is -2.29. The Labute approximate surface area is 325 Å². The Bertz CT molecular complexity index is 1560. The number of amides is 5. The van der Waals surface area contributed by atoms with Crippen LogP contribution in [0.25, 0.3) is 0 Å². The minimum Gasteiger partial charge on any atom is -0.480 e. The number of benzene rings is 2. The van der Waals surface area contributed by atoms with Gasteiger partial charge in [0, 0.05) is 18.9 Å². The third-order valence-corrected chi connectivity index (χ3v) is 8.24. The Morgan fingerprint density at radius 3 is 1.69 bits per heavy atom. The Kier molecular flexibility index (Phi) is 18.1. The van der Waals surface area contributed by atoms with Crippen LogP contribution in [0.2, 0.25) is 0 Å². The van der Waals surface area contributed by atoms with E-state index in [1.807, 2.05) is 50.2 Å². The van der Waals surface area contributed by atoms with Crippen molar-refractivity contribution in [3.63, 3.8) is 0 Å². The predicted octanol–water partition coefficient (Wildman–Crippen LogP) is 5.21. The van der Waals surface area contributed by atoms with Crippen LogP contribution in [0.3, 0.4) is 0 Å². The smallest absolute Gasteiger partial charge is 0.408 e. The molecule has 0 aliphatic rings. The van der Waals surface area contributed by atoms with Crippen LogP contribution in [0.1, 0.15) is 105 Å². The maximum atomic E-state index is 14.1. The fourth-order valence-corrected chi connectivity index (χ4v) is 5.60. The van der Waals surface area contributed by atoms with Gasteiger partial charge in [0.1, 0.15) is 35.4 Å². The summed E-state index contributed by atoms with van der Waals surface area (Å²) in [6, 6.07) is 13.4. The molecule has 2 aromatic carbocycles. The average Bonchev–Trinajstić information content (AvgIpc) is 3.07. The first-order valence-electron chi connectivity index (χ1n) is 18.8. The molecular formula is C41H61N5O9. The van der Waals surface area contributed by atoms with Crippen LogP contribution in [0, 0.1) is 5.92 Å². The number of carbonyl (C=O) groups excluding carboxylic acids is 5.